The molecule has 1 atom stereocenters. The number of halogens is 3. The molecule has 0 spiro atoms. The van der Waals surface area contributed by atoms with Crippen LogP contribution in [-0.2, 0) is 0 Å². The van der Waals surface area contributed by atoms with Gasteiger partial charge in [-0.1, -0.05) is 0 Å². The molecular weight excluding hydrogens is 491 g/mol. The standard InChI is InChI=1S/C20H22F3N7O6/c21-20(22,23)8-26-17(32)12-1-2-13-16(27-12)30(11-3-4-29(13)7-11)18(33)28-14-5-25-15(6-24-14)36-10-19(34,35)9-31/h1-2,5-6,11,31,34-35H,3-4,7-10H2,(H,26,32)(H,24,28,33). The predicted octanol–water partition coefficient (Wildman–Crippen LogP) is -0.154. The van der Waals surface area contributed by atoms with Crippen molar-refractivity contribution in [2.24, 2.45) is 0 Å². The van der Waals surface area contributed by atoms with Crippen molar-refractivity contribution in [1.82, 2.24) is 20.3 Å². The van der Waals surface area contributed by atoms with Crippen molar-refractivity contribution in [3.8, 4) is 5.88 Å². The molecule has 0 saturated carbocycles. The van der Waals surface area contributed by atoms with E-state index >= 15 is 0 Å². The fourth-order valence-electron chi connectivity index (χ4n) is 3.73. The summed E-state index contributed by atoms with van der Waals surface area (Å²) in [5.41, 5.74) is 0.285. The van der Waals surface area contributed by atoms with Crippen LogP contribution in [0.1, 0.15) is 16.9 Å². The van der Waals surface area contributed by atoms with Gasteiger partial charge in [-0.3, -0.25) is 15.0 Å². The summed E-state index contributed by atoms with van der Waals surface area (Å²) in [6.45, 7) is -2.00. The maximum atomic E-state index is 13.2. The Morgan fingerprint density at radius 3 is 2.64 bits per heavy atom. The smallest absolute Gasteiger partial charge is 0.405 e. The molecule has 0 aliphatic carbocycles. The molecule has 1 unspecified atom stereocenters. The van der Waals surface area contributed by atoms with Gasteiger partial charge in [0.1, 0.15) is 25.5 Å². The van der Waals surface area contributed by atoms with Crippen molar-refractivity contribution in [1.29, 1.82) is 0 Å². The van der Waals surface area contributed by atoms with Gasteiger partial charge in [-0.2, -0.15) is 13.2 Å². The van der Waals surface area contributed by atoms with Gasteiger partial charge in [0.25, 0.3) is 5.91 Å². The molecular formula is C20H22F3N7O6. The average molecular weight is 513 g/mol. The van der Waals surface area contributed by atoms with E-state index in [0.29, 0.717) is 25.2 Å². The first kappa shape index (κ1) is 25.3. The van der Waals surface area contributed by atoms with E-state index in [4.69, 9.17) is 9.84 Å². The number of amides is 3. The third kappa shape index (κ3) is 5.72. The summed E-state index contributed by atoms with van der Waals surface area (Å²) in [5.74, 6) is -3.43. The second kappa shape index (κ2) is 9.71. The van der Waals surface area contributed by atoms with Crippen LogP contribution in [0, 0.1) is 0 Å². The number of alkyl halides is 3. The lowest BCUT2D eigenvalue weighted by atomic mass is 10.1. The minimum atomic E-state index is -4.58. The lowest BCUT2D eigenvalue weighted by molar-refractivity contribution is -0.204. The van der Waals surface area contributed by atoms with E-state index in [1.807, 2.05) is 4.90 Å². The third-order valence-electron chi connectivity index (χ3n) is 5.42. The number of nitrogens with one attached hydrogen (secondary N) is 2. The molecule has 3 amide bonds. The van der Waals surface area contributed by atoms with Crippen LogP contribution in [0.3, 0.4) is 0 Å². The van der Waals surface area contributed by atoms with Crippen LogP contribution in [0.5, 0.6) is 5.88 Å². The number of carbonyl (C=O) groups excluding carboxylic acids is 2. The summed E-state index contributed by atoms with van der Waals surface area (Å²) in [7, 11) is 0. The number of aromatic nitrogens is 3. The Morgan fingerprint density at radius 1 is 1.19 bits per heavy atom. The summed E-state index contributed by atoms with van der Waals surface area (Å²) in [6, 6.07) is 1.90. The lowest BCUT2D eigenvalue weighted by Gasteiger charge is -2.35. The monoisotopic (exact) mass is 513 g/mol. The van der Waals surface area contributed by atoms with E-state index in [1.165, 1.54) is 17.0 Å². The first-order valence-electron chi connectivity index (χ1n) is 10.7. The molecule has 0 radical (unpaired) electrons. The second-order valence-electron chi connectivity index (χ2n) is 8.19. The largest absolute Gasteiger partial charge is 0.471 e. The van der Waals surface area contributed by atoms with E-state index in [-0.39, 0.29) is 29.3 Å². The molecule has 0 aromatic carbocycles. The molecule has 36 heavy (non-hydrogen) atoms. The van der Waals surface area contributed by atoms with Gasteiger partial charge < -0.3 is 30.3 Å². The number of carbonyl (C=O) groups is 2. The Morgan fingerprint density at radius 2 is 1.97 bits per heavy atom. The van der Waals surface area contributed by atoms with E-state index in [0.717, 1.165) is 12.4 Å². The number of fused-ring (bicyclic) bond motifs is 4. The van der Waals surface area contributed by atoms with E-state index < -0.39 is 43.7 Å². The van der Waals surface area contributed by atoms with Gasteiger partial charge in [0.15, 0.2) is 11.6 Å². The Bertz CT molecular complexity index is 1130. The van der Waals surface area contributed by atoms with Crippen molar-refractivity contribution in [3.63, 3.8) is 0 Å². The van der Waals surface area contributed by atoms with E-state index in [1.54, 1.807) is 5.32 Å². The first-order valence-corrected chi connectivity index (χ1v) is 10.7. The zero-order chi connectivity index (χ0) is 26.1. The number of aliphatic hydroxyl groups is 3. The SMILES string of the molecule is O=C(NCC(F)(F)F)c1ccc2c(n1)N(C(=O)Nc1cnc(OCC(O)(O)CO)cn1)C1CCN2C1. The molecule has 2 aliphatic heterocycles. The Labute approximate surface area is 201 Å². The van der Waals surface area contributed by atoms with Crippen molar-refractivity contribution in [2.45, 2.75) is 24.4 Å². The third-order valence-corrected chi connectivity index (χ3v) is 5.42. The van der Waals surface area contributed by atoms with Crippen molar-refractivity contribution < 1.29 is 42.8 Å². The van der Waals surface area contributed by atoms with Gasteiger partial charge in [0.2, 0.25) is 11.7 Å². The minimum Gasteiger partial charge on any atom is -0.471 e. The predicted molar refractivity (Wildman–Crippen MR) is 117 cm³/mol. The van der Waals surface area contributed by atoms with Crippen LogP contribution >= 0.6 is 0 Å². The number of anilines is 3. The molecule has 1 fully saturated rings. The molecule has 194 valence electrons. The van der Waals surface area contributed by atoms with Gasteiger partial charge in [-0.25, -0.2) is 19.7 Å². The van der Waals surface area contributed by atoms with Crippen molar-refractivity contribution in [3.05, 3.63) is 30.2 Å². The van der Waals surface area contributed by atoms with Gasteiger partial charge in [-0.05, 0) is 18.6 Å². The number of ether oxygens (including phenoxy) is 1. The molecule has 13 nitrogen and oxygen atoms in total. The molecule has 4 heterocycles. The van der Waals surface area contributed by atoms with Crippen molar-refractivity contribution >= 4 is 29.3 Å². The van der Waals surface area contributed by atoms with E-state index in [9.17, 15) is 33.0 Å². The Hall–Kier alpha value is -3.76. The normalized spacial score (nSPS) is 17.0. The molecule has 2 bridgehead atoms. The van der Waals surface area contributed by atoms with Gasteiger partial charge in [-0.15, -0.1) is 0 Å². The zero-order valence-corrected chi connectivity index (χ0v) is 18.6. The molecule has 2 aromatic rings. The summed E-state index contributed by atoms with van der Waals surface area (Å²) < 4.78 is 42.4. The quantitative estimate of drug-likeness (QED) is 0.313. The topological polar surface area (TPSA) is 173 Å². The molecule has 5 N–H and O–H groups in total. The van der Waals surface area contributed by atoms with Crippen molar-refractivity contribution in [2.75, 3.05) is 48.0 Å². The highest BCUT2D eigenvalue weighted by molar-refractivity contribution is 6.04. The van der Waals surface area contributed by atoms with Gasteiger partial charge >= 0.3 is 12.2 Å². The second-order valence-corrected chi connectivity index (χ2v) is 8.19. The number of rotatable bonds is 7. The van der Waals surface area contributed by atoms with E-state index in [2.05, 4.69) is 20.3 Å². The number of urea groups is 1. The fraction of sp³-hybridized carbons (Fsp3) is 0.450. The molecule has 4 rings (SSSR count). The molecule has 2 aromatic heterocycles. The average Bonchev–Trinajstić information content (AvgIpc) is 3.25. The number of hydrogen-bond acceptors (Lipinski definition) is 10. The highest BCUT2D eigenvalue weighted by Crippen LogP contribution is 2.39. The van der Waals surface area contributed by atoms with Crippen LogP contribution in [-0.4, -0.2) is 93.1 Å². The number of pyridine rings is 1. The zero-order valence-electron chi connectivity index (χ0n) is 18.6. The summed E-state index contributed by atoms with van der Waals surface area (Å²) in [6.07, 6.45) is -1.71. The maximum absolute atomic E-state index is 13.2. The molecule has 2 aliphatic rings. The summed E-state index contributed by atoms with van der Waals surface area (Å²) in [4.78, 5) is 40.7. The van der Waals surface area contributed by atoms with Crippen LogP contribution in [0.15, 0.2) is 24.5 Å². The van der Waals surface area contributed by atoms with Crippen LogP contribution in [0.4, 0.5) is 35.3 Å². The fourth-order valence-corrected chi connectivity index (χ4v) is 3.73. The summed E-state index contributed by atoms with van der Waals surface area (Å²) >= 11 is 0. The van der Waals surface area contributed by atoms with Gasteiger partial charge in [0.05, 0.1) is 24.1 Å². The number of aliphatic hydroxyl groups excluding tert-OH is 1. The summed E-state index contributed by atoms with van der Waals surface area (Å²) in [5, 5.41) is 31.8. The molecule has 16 heteroatoms. The first-order chi connectivity index (χ1) is 17.0. The van der Waals surface area contributed by atoms with Crippen LogP contribution < -0.4 is 25.2 Å². The Kier molecular flexibility index (Phi) is 6.83. The lowest BCUT2D eigenvalue weighted by Crippen LogP contribution is -2.48. The molecule has 1 saturated heterocycles. The minimum absolute atomic E-state index is 0.0230. The van der Waals surface area contributed by atoms with Gasteiger partial charge in [0, 0.05) is 13.1 Å². The Balaban J connectivity index is 1.49. The number of hydrogen-bond donors (Lipinski definition) is 5. The maximum Gasteiger partial charge on any atom is 0.405 e. The highest BCUT2D eigenvalue weighted by Gasteiger charge is 2.41. The van der Waals surface area contributed by atoms with Crippen LogP contribution in [0.2, 0.25) is 0 Å². The highest BCUT2D eigenvalue weighted by atomic mass is 19.4. The number of nitrogens with zero attached hydrogens (tertiary/aromatic N) is 5. The van der Waals surface area contributed by atoms with Crippen LogP contribution in [0.25, 0.3) is 0 Å².